The van der Waals surface area contributed by atoms with E-state index in [0.717, 1.165) is 24.6 Å². The second-order valence-corrected chi connectivity index (χ2v) is 6.86. The van der Waals surface area contributed by atoms with Gasteiger partial charge in [0.2, 0.25) is 0 Å². The predicted octanol–water partition coefficient (Wildman–Crippen LogP) is 3.41. The van der Waals surface area contributed by atoms with Gasteiger partial charge in [-0.25, -0.2) is 0 Å². The van der Waals surface area contributed by atoms with Crippen LogP contribution in [0.25, 0.3) is 22.3 Å². The number of aryl methyl sites for hydroxylation is 2. The lowest BCUT2D eigenvalue weighted by Crippen LogP contribution is -2.27. The maximum Gasteiger partial charge on any atom is 0.166 e. The van der Waals surface area contributed by atoms with E-state index in [-0.39, 0.29) is 0 Å². The molecule has 1 aromatic carbocycles. The van der Waals surface area contributed by atoms with E-state index in [1.54, 1.807) is 0 Å². The second-order valence-electron chi connectivity index (χ2n) is 6.86. The molecule has 0 N–H and O–H groups in total. The van der Waals surface area contributed by atoms with E-state index in [1.165, 1.54) is 22.9 Å². The van der Waals surface area contributed by atoms with Crippen molar-refractivity contribution in [1.82, 2.24) is 19.3 Å². The van der Waals surface area contributed by atoms with Gasteiger partial charge < -0.3 is 9.13 Å². The van der Waals surface area contributed by atoms with Gasteiger partial charge in [-0.15, -0.1) is 10.2 Å². The molecular weight excluding hydrogens is 260 g/mol. The fourth-order valence-corrected chi connectivity index (χ4v) is 3.36. The lowest BCUT2D eigenvalue weighted by atomic mass is 9.85. The third-order valence-electron chi connectivity index (χ3n) is 4.58. The summed E-state index contributed by atoms with van der Waals surface area (Å²) in [6, 6.07) is 8.48. The lowest BCUT2D eigenvalue weighted by molar-refractivity contribution is 0.248. The van der Waals surface area contributed by atoms with Crippen molar-refractivity contribution in [2.24, 2.45) is 12.5 Å². The third-order valence-corrected chi connectivity index (χ3v) is 4.58. The molecule has 0 saturated carbocycles. The summed E-state index contributed by atoms with van der Waals surface area (Å²) >= 11 is 0. The molecule has 4 heteroatoms. The van der Waals surface area contributed by atoms with Crippen LogP contribution in [0.2, 0.25) is 0 Å². The summed E-state index contributed by atoms with van der Waals surface area (Å²) in [4.78, 5) is 0. The van der Waals surface area contributed by atoms with E-state index in [4.69, 9.17) is 0 Å². The number of fused-ring (bicyclic) bond motifs is 2. The largest absolute Gasteiger partial charge is 0.350 e. The molecule has 0 unspecified atom stereocenters. The van der Waals surface area contributed by atoms with E-state index in [9.17, 15) is 0 Å². The summed E-state index contributed by atoms with van der Waals surface area (Å²) in [7, 11) is 2.09. The zero-order chi connectivity index (χ0) is 14.6. The maximum atomic E-state index is 4.50. The van der Waals surface area contributed by atoms with Crippen LogP contribution in [0, 0.1) is 5.41 Å². The molecule has 0 atom stereocenters. The van der Waals surface area contributed by atoms with Crippen LogP contribution in [0.15, 0.2) is 30.5 Å². The molecule has 1 aliphatic heterocycles. The highest BCUT2D eigenvalue weighted by molar-refractivity contribution is 5.94. The van der Waals surface area contributed by atoms with Crippen molar-refractivity contribution in [3.8, 4) is 11.4 Å². The van der Waals surface area contributed by atoms with E-state index >= 15 is 0 Å². The Morgan fingerprint density at radius 1 is 1.14 bits per heavy atom. The van der Waals surface area contributed by atoms with Crippen LogP contribution >= 0.6 is 0 Å². The van der Waals surface area contributed by atoms with Crippen LogP contribution in [-0.2, 0) is 20.0 Å². The molecule has 108 valence electrons. The van der Waals surface area contributed by atoms with Crippen molar-refractivity contribution in [2.75, 3.05) is 0 Å². The third kappa shape index (κ3) is 1.89. The van der Waals surface area contributed by atoms with Crippen molar-refractivity contribution >= 4 is 10.9 Å². The Kier molecular flexibility index (Phi) is 2.52. The highest BCUT2D eigenvalue weighted by Crippen LogP contribution is 2.35. The van der Waals surface area contributed by atoms with Gasteiger partial charge in [0.25, 0.3) is 0 Å². The molecule has 0 amide bonds. The number of rotatable bonds is 1. The first kappa shape index (κ1) is 12.6. The summed E-state index contributed by atoms with van der Waals surface area (Å²) in [5, 5.41) is 10.2. The van der Waals surface area contributed by atoms with Gasteiger partial charge in [0.05, 0.1) is 0 Å². The van der Waals surface area contributed by atoms with E-state index < -0.39 is 0 Å². The van der Waals surface area contributed by atoms with E-state index in [2.05, 4.69) is 70.7 Å². The first-order valence-corrected chi connectivity index (χ1v) is 7.52. The number of hydrogen-bond acceptors (Lipinski definition) is 2. The minimum Gasteiger partial charge on any atom is -0.350 e. The SMILES string of the molecule is Cn1cc(-c2nnc3n2CC(C)(C)CC3)c2ccccc21. The molecule has 1 aliphatic rings. The molecule has 0 spiro atoms. The van der Waals surface area contributed by atoms with Crippen molar-refractivity contribution < 1.29 is 0 Å². The summed E-state index contributed by atoms with van der Waals surface area (Å²) in [6.45, 7) is 5.64. The highest BCUT2D eigenvalue weighted by atomic mass is 15.3. The van der Waals surface area contributed by atoms with Gasteiger partial charge in [-0.1, -0.05) is 32.0 Å². The van der Waals surface area contributed by atoms with Gasteiger partial charge >= 0.3 is 0 Å². The predicted molar refractivity (Wildman–Crippen MR) is 84.0 cm³/mol. The summed E-state index contributed by atoms with van der Waals surface area (Å²) in [6.07, 6.45) is 4.37. The van der Waals surface area contributed by atoms with Crippen molar-refractivity contribution in [3.63, 3.8) is 0 Å². The number of aromatic nitrogens is 4. The summed E-state index contributed by atoms with van der Waals surface area (Å²) in [5.41, 5.74) is 2.74. The minimum atomic E-state index is 0.314. The van der Waals surface area contributed by atoms with Crippen molar-refractivity contribution in [2.45, 2.75) is 33.2 Å². The average Bonchev–Trinajstić information content (AvgIpc) is 2.99. The van der Waals surface area contributed by atoms with Gasteiger partial charge in [-0.2, -0.15) is 0 Å². The molecule has 0 saturated heterocycles. The molecule has 4 nitrogen and oxygen atoms in total. The number of benzene rings is 1. The Morgan fingerprint density at radius 2 is 1.95 bits per heavy atom. The average molecular weight is 280 g/mol. The molecule has 2 aromatic heterocycles. The van der Waals surface area contributed by atoms with Crippen LogP contribution in [0.5, 0.6) is 0 Å². The number of hydrogen-bond donors (Lipinski definition) is 0. The fraction of sp³-hybridized carbons (Fsp3) is 0.412. The minimum absolute atomic E-state index is 0.314. The first-order valence-electron chi connectivity index (χ1n) is 7.52. The standard InChI is InChI=1S/C17H20N4/c1-17(2)9-8-15-18-19-16(21(15)11-17)13-10-20(3)14-7-5-4-6-12(13)14/h4-7,10H,8-9,11H2,1-3H3. The van der Waals surface area contributed by atoms with E-state index in [1.807, 2.05) is 0 Å². The topological polar surface area (TPSA) is 35.6 Å². The Balaban J connectivity index is 1.93. The monoisotopic (exact) mass is 280 g/mol. The molecule has 3 heterocycles. The quantitative estimate of drug-likeness (QED) is 0.685. The Bertz CT molecular complexity index is 823. The molecule has 0 radical (unpaired) electrons. The Labute approximate surface area is 124 Å². The zero-order valence-electron chi connectivity index (χ0n) is 12.8. The highest BCUT2D eigenvalue weighted by Gasteiger charge is 2.29. The summed E-state index contributed by atoms with van der Waals surface area (Å²) < 4.78 is 4.48. The van der Waals surface area contributed by atoms with Crippen molar-refractivity contribution in [3.05, 3.63) is 36.3 Å². The number of nitrogens with zero attached hydrogens (tertiary/aromatic N) is 4. The fourth-order valence-electron chi connectivity index (χ4n) is 3.36. The smallest absolute Gasteiger partial charge is 0.166 e. The first-order chi connectivity index (χ1) is 10.1. The maximum absolute atomic E-state index is 4.50. The van der Waals surface area contributed by atoms with Gasteiger partial charge in [0.1, 0.15) is 5.82 Å². The van der Waals surface area contributed by atoms with Gasteiger partial charge in [-0.3, -0.25) is 0 Å². The molecule has 0 bridgehead atoms. The van der Waals surface area contributed by atoms with E-state index in [0.29, 0.717) is 5.41 Å². The van der Waals surface area contributed by atoms with Crippen LogP contribution in [0.3, 0.4) is 0 Å². The molecule has 21 heavy (non-hydrogen) atoms. The molecular formula is C17H20N4. The van der Waals surface area contributed by atoms with Crippen molar-refractivity contribution in [1.29, 1.82) is 0 Å². The van der Waals surface area contributed by atoms with Crippen LogP contribution in [0.4, 0.5) is 0 Å². The molecule has 0 fully saturated rings. The molecule has 3 aromatic rings. The second kappa shape index (κ2) is 4.20. The van der Waals surface area contributed by atoms with Crippen LogP contribution in [-0.4, -0.2) is 19.3 Å². The van der Waals surface area contributed by atoms with Crippen LogP contribution < -0.4 is 0 Å². The van der Waals surface area contributed by atoms with Crippen LogP contribution in [0.1, 0.15) is 26.1 Å². The lowest BCUT2D eigenvalue weighted by Gasteiger charge is -2.30. The molecule has 4 rings (SSSR count). The zero-order valence-corrected chi connectivity index (χ0v) is 12.8. The summed E-state index contributed by atoms with van der Waals surface area (Å²) in [5.74, 6) is 2.13. The number of para-hydroxylation sites is 1. The Morgan fingerprint density at radius 3 is 2.81 bits per heavy atom. The van der Waals surface area contributed by atoms with Gasteiger partial charge in [0, 0.05) is 42.7 Å². The van der Waals surface area contributed by atoms with Gasteiger partial charge in [-0.05, 0) is 17.9 Å². The Hall–Kier alpha value is -2.10. The normalized spacial score (nSPS) is 17.1. The molecule has 0 aliphatic carbocycles. The van der Waals surface area contributed by atoms with Gasteiger partial charge in [0.15, 0.2) is 5.82 Å².